The van der Waals surface area contributed by atoms with Gasteiger partial charge in [0.25, 0.3) is 0 Å². The fourth-order valence-electron chi connectivity index (χ4n) is 4.45. The standard InChI is InChI=1S/C24H30F2N2OS/c1-17(29)28-22(14-18-12-20(25)15-21(26)13-18)23(30)16-27-24(10-6-3-7-11-24)19-8-4-2-5-9-19/h2,4-5,8-9,12-13,15,22-23,27,30H,3,6-7,10-11,14,16H2,1H3,(H,28,29). The summed E-state index contributed by atoms with van der Waals surface area (Å²) in [6.45, 7) is 2.01. The van der Waals surface area contributed by atoms with E-state index in [2.05, 4.69) is 34.9 Å². The highest BCUT2D eigenvalue weighted by molar-refractivity contribution is 7.81. The van der Waals surface area contributed by atoms with Crippen LogP contribution in [0.2, 0.25) is 0 Å². The summed E-state index contributed by atoms with van der Waals surface area (Å²) in [6, 6.07) is 13.6. The number of hydrogen-bond donors (Lipinski definition) is 3. The molecule has 3 nitrogen and oxygen atoms in total. The molecule has 0 aromatic heterocycles. The van der Waals surface area contributed by atoms with Gasteiger partial charge in [-0.1, -0.05) is 49.6 Å². The van der Waals surface area contributed by atoms with Crippen LogP contribution in [0.3, 0.4) is 0 Å². The van der Waals surface area contributed by atoms with E-state index in [1.165, 1.54) is 31.0 Å². The van der Waals surface area contributed by atoms with E-state index in [1.54, 1.807) is 0 Å². The molecule has 1 amide bonds. The van der Waals surface area contributed by atoms with Crippen molar-refractivity contribution in [2.45, 2.75) is 62.3 Å². The Labute approximate surface area is 183 Å². The van der Waals surface area contributed by atoms with E-state index < -0.39 is 11.6 Å². The molecule has 2 atom stereocenters. The van der Waals surface area contributed by atoms with Gasteiger partial charge < -0.3 is 10.6 Å². The van der Waals surface area contributed by atoms with Crippen molar-refractivity contribution in [2.24, 2.45) is 0 Å². The summed E-state index contributed by atoms with van der Waals surface area (Å²) in [5.41, 5.74) is 1.67. The number of thiol groups is 1. The van der Waals surface area contributed by atoms with E-state index in [1.807, 2.05) is 6.07 Å². The molecule has 1 aliphatic carbocycles. The first kappa shape index (κ1) is 22.8. The molecule has 0 spiro atoms. The Kier molecular flexibility index (Phi) is 7.89. The summed E-state index contributed by atoms with van der Waals surface area (Å²) >= 11 is 4.77. The number of hydrogen-bond acceptors (Lipinski definition) is 3. The molecule has 0 saturated heterocycles. The van der Waals surface area contributed by atoms with Gasteiger partial charge in [0, 0.05) is 36.4 Å². The molecule has 1 fully saturated rings. The van der Waals surface area contributed by atoms with Crippen LogP contribution in [0.1, 0.15) is 50.2 Å². The number of carbonyl (C=O) groups excluding carboxylic acids is 1. The van der Waals surface area contributed by atoms with Gasteiger partial charge in [0.15, 0.2) is 0 Å². The first-order valence-corrected chi connectivity index (χ1v) is 11.1. The molecule has 2 aromatic rings. The Morgan fingerprint density at radius 1 is 1.07 bits per heavy atom. The quantitative estimate of drug-likeness (QED) is 0.527. The highest BCUT2D eigenvalue weighted by Gasteiger charge is 2.34. The first-order valence-electron chi connectivity index (χ1n) is 10.6. The highest BCUT2D eigenvalue weighted by atomic mass is 32.1. The van der Waals surface area contributed by atoms with Crippen LogP contribution in [0.4, 0.5) is 8.78 Å². The molecule has 2 N–H and O–H groups in total. The molecule has 2 aromatic carbocycles. The molecule has 1 aliphatic rings. The Balaban J connectivity index is 1.73. The molecule has 0 radical (unpaired) electrons. The van der Waals surface area contributed by atoms with Gasteiger partial charge in [0.05, 0.1) is 0 Å². The van der Waals surface area contributed by atoms with E-state index in [-0.39, 0.29) is 22.7 Å². The van der Waals surface area contributed by atoms with E-state index in [9.17, 15) is 13.6 Å². The summed E-state index contributed by atoms with van der Waals surface area (Å²) in [6.07, 6.45) is 5.98. The zero-order valence-corrected chi connectivity index (χ0v) is 18.2. The average molecular weight is 433 g/mol. The van der Waals surface area contributed by atoms with Gasteiger partial charge in [-0.05, 0) is 42.5 Å². The number of amides is 1. The van der Waals surface area contributed by atoms with E-state index in [0.29, 0.717) is 18.5 Å². The summed E-state index contributed by atoms with van der Waals surface area (Å²) in [4.78, 5) is 11.8. The maximum atomic E-state index is 13.6. The molecular formula is C24H30F2N2OS. The number of nitrogens with one attached hydrogen (secondary N) is 2. The van der Waals surface area contributed by atoms with Crippen LogP contribution >= 0.6 is 12.6 Å². The molecule has 162 valence electrons. The van der Waals surface area contributed by atoms with Crippen LogP contribution in [-0.2, 0) is 16.8 Å². The van der Waals surface area contributed by atoms with Gasteiger partial charge in [-0.2, -0.15) is 12.6 Å². The van der Waals surface area contributed by atoms with E-state index in [0.717, 1.165) is 31.7 Å². The van der Waals surface area contributed by atoms with E-state index in [4.69, 9.17) is 12.6 Å². The third-order valence-corrected chi connectivity index (χ3v) is 6.46. The normalized spacial score (nSPS) is 17.9. The second-order valence-corrected chi connectivity index (χ2v) is 8.91. The SMILES string of the molecule is CC(=O)NC(Cc1cc(F)cc(F)c1)C(S)CNC1(c2ccccc2)CCCCC1. The molecule has 1 saturated carbocycles. The minimum Gasteiger partial charge on any atom is -0.352 e. The second kappa shape index (κ2) is 10.4. The van der Waals surface area contributed by atoms with Gasteiger partial charge in [-0.3, -0.25) is 4.79 Å². The van der Waals surface area contributed by atoms with Crippen molar-refractivity contribution >= 4 is 18.5 Å². The molecule has 3 rings (SSSR count). The molecule has 30 heavy (non-hydrogen) atoms. The fraction of sp³-hybridized carbons (Fsp3) is 0.458. The Hall–Kier alpha value is -1.92. The Bertz CT molecular complexity index is 820. The third kappa shape index (κ3) is 6.05. The van der Waals surface area contributed by atoms with Crippen molar-refractivity contribution in [3.05, 3.63) is 71.3 Å². The molecule has 0 heterocycles. The molecule has 0 bridgehead atoms. The number of carbonyl (C=O) groups is 1. The molecule has 0 aliphatic heterocycles. The monoisotopic (exact) mass is 432 g/mol. The van der Waals surface area contributed by atoms with Crippen LogP contribution in [0.15, 0.2) is 48.5 Å². The van der Waals surface area contributed by atoms with Crippen molar-refractivity contribution < 1.29 is 13.6 Å². The van der Waals surface area contributed by atoms with Crippen molar-refractivity contribution in [1.29, 1.82) is 0 Å². The smallest absolute Gasteiger partial charge is 0.217 e. The lowest BCUT2D eigenvalue weighted by Gasteiger charge is -2.40. The minimum atomic E-state index is -0.620. The molecular weight excluding hydrogens is 402 g/mol. The third-order valence-electron chi connectivity index (χ3n) is 5.91. The lowest BCUT2D eigenvalue weighted by atomic mass is 9.76. The van der Waals surface area contributed by atoms with Gasteiger partial charge in [0.2, 0.25) is 5.91 Å². The zero-order valence-electron chi connectivity index (χ0n) is 17.3. The lowest BCUT2D eigenvalue weighted by Crippen LogP contribution is -2.51. The number of rotatable bonds is 8. The predicted molar refractivity (Wildman–Crippen MR) is 120 cm³/mol. The van der Waals surface area contributed by atoms with Crippen LogP contribution in [0.25, 0.3) is 0 Å². The summed E-state index contributed by atoms with van der Waals surface area (Å²) < 4.78 is 27.2. The highest BCUT2D eigenvalue weighted by Crippen LogP contribution is 2.37. The topological polar surface area (TPSA) is 41.1 Å². The zero-order chi connectivity index (χ0) is 21.6. The molecule has 2 unspecified atom stereocenters. The average Bonchev–Trinajstić information content (AvgIpc) is 2.72. The summed E-state index contributed by atoms with van der Waals surface area (Å²) in [7, 11) is 0. The van der Waals surface area contributed by atoms with Gasteiger partial charge in [0.1, 0.15) is 11.6 Å². The van der Waals surface area contributed by atoms with E-state index >= 15 is 0 Å². The van der Waals surface area contributed by atoms with Crippen molar-refractivity contribution in [3.8, 4) is 0 Å². The van der Waals surface area contributed by atoms with Crippen LogP contribution in [0, 0.1) is 11.6 Å². The number of halogens is 2. The lowest BCUT2D eigenvalue weighted by molar-refractivity contribution is -0.119. The first-order chi connectivity index (χ1) is 14.4. The second-order valence-electron chi connectivity index (χ2n) is 8.25. The predicted octanol–water partition coefficient (Wildman–Crippen LogP) is 4.76. The van der Waals surface area contributed by atoms with Gasteiger partial charge in [-0.25, -0.2) is 8.78 Å². The Morgan fingerprint density at radius 3 is 2.30 bits per heavy atom. The van der Waals surface area contributed by atoms with Gasteiger partial charge >= 0.3 is 0 Å². The van der Waals surface area contributed by atoms with Crippen molar-refractivity contribution in [3.63, 3.8) is 0 Å². The van der Waals surface area contributed by atoms with Crippen LogP contribution in [-0.4, -0.2) is 23.7 Å². The number of benzene rings is 2. The van der Waals surface area contributed by atoms with Crippen LogP contribution in [0.5, 0.6) is 0 Å². The van der Waals surface area contributed by atoms with Crippen molar-refractivity contribution in [2.75, 3.05) is 6.54 Å². The Morgan fingerprint density at radius 2 is 1.70 bits per heavy atom. The minimum absolute atomic E-state index is 0.105. The van der Waals surface area contributed by atoms with Gasteiger partial charge in [-0.15, -0.1) is 0 Å². The van der Waals surface area contributed by atoms with Crippen molar-refractivity contribution in [1.82, 2.24) is 10.6 Å². The maximum absolute atomic E-state index is 13.6. The maximum Gasteiger partial charge on any atom is 0.217 e. The summed E-state index contributed by atoms with van der Waals surface area (Å²) in [5, 5.41) is 6.42. The molecule has 6 heteroatoms. The summed E-state index contributed by atoms with van der Waals surface area (Å²) in [5.74, 6) is -1.43. The van der Waals surface area contributed by atoms with Crippen LogP contribution < -0.4 is 10.6 Å². The largest absolute Gasteiger partial charge is 0.352 e. The fourth-order valence-corrected chi connectivity index (χ4v) is 4.72.